The highest BCUT2D eigenvalue weighted by Gasteiger charge is 2.47. The van der Waals surface area contributed by atoms with Crippen molar-refractivity contribution in [2.24, 2.45) is 0 Å². The Bertz CT molecular complexity index is 1380. The van der Waals surface area contributed by atoms with Crippen LogP contribution in [0.2, 0.25) is 0 Å². The maximum atomic E-state index is 14.0. The van der Waals surface area contributed by atoms with Gasteiger partial charge in [-0.3, -0.25) is 0 Å². The van der Waals surface area contributed by atoms with Crippen LogP contribution in [0.15, 0.2) is 42.5 Å². The summed E-state index contributed by atoms with van der Waals surface area (Å²) in [5.41, 5.74) is -4.52. The van der Waals surface area contributed by atoms with Gasteiger partial charge in [-0.05, 0) is 24.3 Å². The number of ether oxygens (including phenoxy) is 2. The minimum atomic E-state index is -5.71. The highest BCUT2D eigenvalue weighted by atomic mass is 19.4. The molecule has 19 heteroatoms. The van der Waals surface area contributed by atoms with E-state index in [2.05, 4.69) is 0 Å². The van der Waals surface area contributed by atoms with Crippen LogP contribution in [0, 0.1) is 0 Å². The first kappa shape index (κ1) is 32.3. The van der Waals surface area contributed by atoms with Crippen LogP contribution in [-0.4, -0.2) is 0 Å². The van der Waals surface area contributed by atoms with Gasteiger partial charge in [-0.2, -0.15) is 65.9 Å². The van der Waals surface area contributed by atoms with E-state index in [4.69, 9.17) is 20.9 Å². The van der Waals surface area contributed by atoms with E-state index in [1.165, 1.54) is 0 Å². The first-order chi connectivity index (χ1) is 18.8. The topological polar surface area (TPSA) is 70.5 Å². The largest absolute Gasteiger partial charge is 0.456 e. The molecule has 230 valence electrons. The van der Waals surface area contributed by atoms with Gasteiger partial charge in [0.2, 0.25) is 0 Å². The van der Waals surface area contributed by atoms with Gasteiger partial charge < -0.3 is 20.9 Å². The number of anilines is 2. The lowest BCUT2D eigenvalue weighted by Crippen LogP contribution is -2.19. The number of hydrogen-bond donors (Lipinski definition) is 2. The van der Waals surface area contributed by atoms with Crippen LogP contribution in [0.5, 0.6) is 23.0 Å². The number of nitrogen functional groups attached to an aromatic ring is 2. The van der Waals surface area contributed by atoms with Crippen LogP contribution >= 0.6 is 0 Å². The van der Waals surface area contributed by atoms with Gasteiger partial charge in [0.15, 0.2) is 0 Å². The van der Waals surface area contributed by atoms with E-state index in [9.17, 15) is 65.9 Å². The third-order valence-electron chi connectivity index (χ3n) is 5.19. The second-order valence-electron chi connectivity index (χ2n) is 8.19. The molecule has 0 heterocycles. The molecule has 0 atom stereocenters. The molecule has 0 aliphatic rings. The molecule has 3 rings (SSSR count). The van der Waals surface area contributed by atoms with Crippen molar-refractivity contribution < 1.29 is 75.3 Å². The Morgan fingerprint density at radius 2 is 0.738 bits per heavy atom. The second-order valence-corrected chi connectivity index (χ2v) is 8.19. The number of alkyl halides is 15. The van der Waals surface area contributed by atoms with Gasteiger partial charge in [0.1, 0.15) is 28.6 Å². The standard InChI is InChI=1S/C23H11F15N2O2/c24-19(25,26)10-4-8(6-12(39)16(10)21(30,31)32)41-14-2-1-3-15(18(14)23(36,37)38)42-9-5-11(20(27,28)29)17(13(40)7-9)22(33,34)35/h1-7H,39-40H2. The summed E-state index contributed by atoms with van der Waals surface area (Å²) in [5, 5.41) is 0. The minimum Gasteiger partial charge on any atom is -0.456 e. The van der Waals surface area contributed by atoms with Gasteiger partial charge >= 0.3 is 30.9 Å². The van der Waals surface area contributed by atoms with Crippen molar-refractivity contribution >= 4 is 11.4 Å². The zero-order chi connectivity index (χ0) is 32.2. The zero-order valence-corrected chi connectivity index (χ0v) is 19.7. The average Bonchev–Trinajstić information content (AvgIpc) is 2.74. The van der Waals surface area contributed by atoms with Gasteiger partial charge in [0.25, 0.3) is 0 Å². The number of halogens is 15. The number of benzene rings is 3. The van der Waals surface area contributed by atoms with Crippen molar-refractivity contribution in [3.05, 3.63) is 70.3 Å². The lowest BCUT2D eigenvalue weighted by Gasteiger charge is -2.22. The summed E-state index contributed by atoms with van der Waals surface area (Å²) in [5.74, 6) is -5.39. The van der Waals surface area contributed by atoms with Gasteiger partial charge in [0.05, 0.1) is 22.3 Å². The van der Waals surface area contributed by atoms with Crippen molar-refractivity contribution in [1.29, 1.82) is 0 Å². The van der Waals surface area contributed by atoms with Crippen LogP contribution in [0.3, 0.4) is 0 Å². The molecule has 0 bridgehead atoms. The molecule has 42 heavy (non-hydrogen) atoms. The molecule has 0 aromatic heterocycles. The third kappa shape index (κ3) is 6.81. The minimum absolute atomic E-state index is 0.137. The molecule has 0 aliphatic heterocycles. The smallest absolute Gasteiger partial charge is 0.423 e. The maximum absolute atomic E-state index is 14.0. The van der Waals surface area contributed by atoms with Crippen LogP contribution in [0.25, 0.3) is 0 Å². The van der Waals surface area contributed by atoms with Crippen LogP contribution in [-0.2, 0) is 30.9 Å². The Morgan fingerprint density at radius 1 is 0.429 bits per heavy atom. The normalized spacial score (nSPS) is 13.3. The molecular weight excluding hydrogens is 621 g/mol. The Hall–Kier alpha value is -4.19. The van der Waals surface area contributed by atoms with Crippen molar-refractivity contribution in [2.75, 3.05) is 11.5 Å². The molecular formula is C23H11F15N2O2. The summed E-state index contributed by atoms with van der Waals surface area (Å²) < 4.78 is 210. The van der Waals surface area contributed by atoms with Gasteiger partial charge in [-0.1, -0.05) is 6.07 Å². The summed E-state index contributed by atoms with van der Waals surface area (Å²) in [6.45, 7) is 0. The lowest BCUT2D eigenvalue weighted by molar-refractivity contribution is -0.161. The van der Waals surface area contributed by atoms with Gasteiger partial charge in [-0.25, -0.2) is 0 Å². The predicted octanol–water partition coefficient (Wildman–Crippen LogP) is 9.53. The molecule has 0 spiro atoms. The Labute approximate surface area is 223 Å². The van der Waals surface area contributed by atoms with Crippen molar-refractivity contribution in [2.45, 2.75) is 30.9 Å². The first-order valence-corrected chi connectivity index (χ1v) is 10.5. The Morgan fingerprint density at radius 3 is 1.00 bits per heavy atom. The molecule has 3 aromatic carbocycles. The summed E-state index contributed by atoms with van der Waals surface area (Å²) in [7, 11) is 0. The van der Waals surface area contributed by atoms with E-state index in [1.54, 1.807) is 0 Å². The lowest BCUT2D eigenvalue weighted by atomic mass is 10.0. The quantitative estimate of drug-likeness (QED) is 0.222. The zero-order valence-electron chi connectivity index (χ0n) is 19.7. The molecule has 0 saturated heterocycles. The molecule has 0 unspecified atom stereocenters. The molecule has 4 N–H and O–H groups in total. The monoisotopic (exact) mass is 632 g/mol. The van der Waals surface area contributed by atoms with Crippen LogP contribution in [0.4, 0.5) is 77.2 Å². The molecule has 0 amide bonds. The number of rotatable bonds is 4. The van der Waals surface area contributed by atoms with Crippen LogP contribution in [0.1, 0.15) is 27.8 Å². The highest BCUT2D eigenvalue weighted by molar-refractivity contribution is 5.61. The third-order valence-corrected chi connectivity index (χ3v) is 5.19. The number of hydrogen-bond acceptors (Lipinski definition) is 4. The Balaban J connectivity index is 2.18. The fourth-order valence-electron chi connectivity index (χ4n) is 3.69. The van der Waals surface area contributed by atoms with Crippen LogP contribution < -0.4 is 20.9 Å². The first-order valence-electron chi connectivity index (χ1n) is 10.5. The van der Waals surface area contributed by atoms with E-state index in [0.29, 0.717) is 18.2 Å². The summed E-state index contributed by atoms with van der Waals surface area (Å²) in [4.78, 5) is 0. The molecule has 0 aliphatic carbocycles. The fraction of sp³-hybridized carbons (Fsp3) is 0.217. The molecule has 4 nitrogen and oxygen atoms in total. The summed E-state index contributed by atoms with van der Waals surface area (Å²) >= 11 is 0. The molecule has 0 saturated carbocycles. The highest BCUT2D eigenvalue weighted by Crippen LogP contribution is 2.50. The van der Waals surface area contributed by atoms with Crippen molar-refractivity contribution in [3.8, 4) is 23.0 Å². The van der Waals surface area contributed by atoms with E-state index >= 15 is 0 Å². The van der Waals surface area contributed by atoms with Crippen molar-refractivity contribution in [1.82, 2.24) is 0 Å². The summed E-state index contributed by atoms with van der Waals surface area (Å²) in [6, 6.07) is 1.28. The Kier molecular flexibility index (Phi) is 7.90. The second kappa shape index (κ2) is 10.3. The maximum Gasteiger partial charge on any atom is 0.423 e. The number of nitrogens with two attached hydrogens (primary N) is 2. The predicted molar refractivity (Wildman–Crippen MR) is 113 cm³/mol. The van der Waals surface area contributed by atoms with Gasteiger partial charge in [0, 0.05) is 23.5 Å². The molecule has 0 fully saturated rings. The van der Waals surface area contributed by atoms with E-state index in [-0.39, 0.29) is 24.3 Å². The SMILES string of the molecule is Nc1cc(Oc2cccc(Oc3cc(N)c(C(F)(F)F)c(C(F)(F)F)c3)c2C(F)(F)F)cc(C(F)(F)F)c1C(F)(F)F. The van der Waals surface area contributed by atoms with Crippen molar-refractivity contribution in [3.63, 3.8) is 0 Å². The van der Waals surface area contributed by atoms with E-state index in [1.807, 2.05) is 0 Å². The molecule has 3 aromatic rings. The average molecular weight is 632 g/mol. The van der Waals surface area contributed by atoms with E-state index < -0.39 is 93.1 Å². The summed E-state index contributed by atoms with van der Waals surface area (Å²) in [6.07, 6.45) is -28.3. The molecule has 0 radical (unpaired) electrons. The van der Waals surface area contributed by atoms with Gasteiger partial charge in [-0.15, -0.1) is 0 Å². The van der Waals surface area contributed by atoms with E-state index in [0.717, 1.165) is 0 Å². The fourth-order valence-corrected chi connectivity index (χ4v) is 3.69.